The van der Waals surface area contributed by atoms with Crippen molar-refractivity contribution < 1.29 is 14.2 Å². The van der Waals surface area contributed by atoms with Gasteiger partial charge < -0.3 is 9.84 Å². The molecule has 1 N–H and O–H groups in total. The molecule has 4 heteroatoms. The molecule has 3 nitrogen and oxygen atoms in total. The fraction of sp³-hybridized carbons (Fsp3) is 0.190. The third kappa shape index (κ3) is 12.2. The van der Waals surface area contributed by atoms with Crippen LogP contribution in [0.2, 0.25) is 0 Å². The normalized spacial score (nSPS) is 8.80. The molecule has 1 aromatic carbocycles. The number of aliphatic hydroxyl groups excluding tert-OH is 1. The molecule has 0 spiro atoms. The fourth-order valence-electron chi connectivity index (χ4n) is 1.19. The van der Waals surface area contributed by atoms with E-state index in [4.69, 9.17) is 15.1 Å². The summed E-state index contributed by atoms with van der Waals surface area (Å²) in [7, 11) is 0. The number of ether oxygens (including phenoxy) is 1. The quantitative estimate of drug-likeness (QED) is 0.557. The van der Waals surface area contributed by atoms with E-state index in [1.807, 2.05) is 19.1 Å². The minimum absolute atomic E-state index is 0. The predicted molar refractivity (Wildman–Crippen MR) is 105 cm³/mol. The number of hydrogen-bond donors (Lipinski definition) is 1. The molecule has 0 saturated heterocycles. The molecule has 0 saturated carbocycles. The molecular formula is C21H28FNO2. The Balaban J connectivity index is -0.000000459. The van der Waals surface area contributed by atoms with Crippen LogP contribution in [-0.4, -0.2) is 18.3 Å². The lowest BCUT2D eigenvalue weighted by atomic mass is 10.2. The van der Waals surface area contributed by atoms with Gasteiger partial charge in [0.1, 0.15) is 24.2 Å². The number of nitrogens with zero attached hydrogens (tertiary/aromatic N) is 1. The van der Waals surface area contributed by atoms with Gasteiger partial charge >= 0.3 is 0 Å². The van der Waals surface area contributed by atoms with Gasteiger partial charge in [-0.3, -0.25) is 0 Å². The van der Waals surface area contributed by atoms with E-state index in [0.29, 0.717) is 11.1 Å². The van der Waals surface area contributed by atoms with Crippen LogP contribution in [0.15, 0.2) is 80.5 Å². The van der Waals surface area contributed by atoms with Gasteiger partial charge in [-0.1, -0.05) is 45.4 Å². The number of hydrogen-bond acceptors (Lipinski definition) is 3. The highest BCUT2D eigenvalue weighted by Crippen LogP contribution is 2.19. The zero-order valence-electron chi connectivity index (χ0n) is 14.1. The van der Waals surface area contributed by atoms with Gasteiger partial charge in [-0.05, 0) is 30.2 Å². The first-order valence-electron chi connectivity index (χ1n) is 7.03. The zero-order valence-corrected chi connectivity index (χ0v) is 14.1. The van der Waals surface area contributed by atoms with Crippen LogP contribution in [0.4, 0.5) is 4.39 Å². The maximum Gasteiger partial charge on any atom is 0.140 e. The van der Waals surface area contributed by atoms with Crippen molar-refractivity contribution in [3.8, 4) is 11.8 Å². The molecule has 0 radical (unpaired) electrons. The molecular weight excluding hydrogens is 317 g/mol. The lowest BCUT2D eigenvalue weighted by Crippen LogP contribution is -2.01. The van der Waals surface area contributed by atoms with E-state index in [2.05, 4.69) is 32.9 Å². The second-order valence-corrected chi connectivity index (χ2v) is 4.13. The summed E-state index contributed by atoms with van der Waals surface area (Å²) in [5.74, 6) is -0.168. The van der Waals surface area contributed by atoms with Crippen molar-refractivity contribution in [1.82, 2.24) is 0 Å². The van der Waals surface area contributed by atoms with Crippen LogP contribution in [-0.2, 0) is 0 Å². The first kappa shape index (κ1) is 27.0. The second kappa shape index (κ2) is 17.5. The summed E-state index contributed by atoms with van der Waals surface area (Å²) >= 11 is 0. The highest BCUT2D eigenvalue weighted by atomic mass is 19.1. The highest BCUT2D eigenvalue weighted by Gasteiger charge is 2.05. The van der Waals surface area contributed by atoms with Crippen molar-refractivity contribution in [2.75, 3.05) is 13.2 Å². The van der Waals surface area contributed by atoms with E-state index in [0.717, 1.165) is 5.57 Å². The Labute approximate surface area is 151 Å². The molecule has 0 aliphatic rings. The molecule has 0 amide bonds. The fourth-order valence-corrected chi connectivity index (χ4v) is 1.19. The summed E-state index contributed by atoms with van der Waals surface area (Å²) in [5.41, 5.74) is 1.86. The molecule has 25 heavy (non-hydrogen) atoms. The zero-order chi connectivity index (χ0) is 19.0. The van der Waals surface area contributed by atoms with Crippen molar-refractivity contribution in [1.29, 1.82) is 5.26 Å². The maximum atomic E-state index is 12.9. The van der Waals surface area contributed by atoms with Crippen LogP contribution >= 0.6 is 0 Å². The van der Waals surface area contributed by atoms with Crippen molar-refractivity contribution in [3.05, 3.63) is 91.8 Å². The summed E-state index contributed by atoms with van der Waals surface area (Å²) in [6.45, 7) is 18.6. The average molecular weight is 345 g/mol. The Bertz CT molecular complexity index is 613. The van der Waals surface area contributed by atoms with E-state index in [1.54, 1.807) is 6.08 Å². The molecule has 0 aliphatic carbocycles. The van der Waals surface area contributed by atoms with Gasteiger partial charge in [-0.25, -0.2) is 4.39 Å². The highest BCUT2D eigenvalue weighted by molar-refractivity contribution is 5.43. The van der Waals surface area contributed by atoms with Crippen LogP contribution in [0.25, 0.3) is 0 Å². The van der Waals surface area contributed by atoms with Crippen molar-refractivity contribution >= 4 is 0 Å². The lowest BCUT2D eigenvalue weighted by Gasteiger charge is -2.08. The van der Waals surface area contributed by atoms with Gasteiger partial charge in [-0.2, -0.15) is 5.26 Å². The smallest absolute Gasteiger partial charge is 0.140 e. The molecule has 0 fully saturated rings. The number of rotatable bonds is 6. The van der Waals surface area contributed by atoms with E-state index in [9.17, 15) is 4.39 Å². The lowest BCUT2D eigenvalue weighted by molar-refractivity contribution is 0.335. The summed E-state index contributed by atoms with van der Waals surface area (Å²) in [6.07, 6.45) is 5.03. The van der Waals surface area contributed by atoms with Crippen LogP contribution in [0.5, 0.6) is 5.75 Å². The van der Waals surface area contributed by atoms with Crippen LogP contribution in [0.3, 0.4) is 0 Å². The number of halogens is 1. The van der Waals surface area contributed by atoms with Crippen molar-refractivity contribution in [3.63, 3.8) is 0 Å². The first-order valence-corrected chi connectivity index (χ1v) is 7.03. The Hall–Kier alpha value is -2.90. The topological polar surface area (TPSA) is 53.2 Å². The molecule has 0 heterocycles. The Morgan fingerprint density at radius 2 is 1.92 bits per heavy atom. The molecule has 0 aliphatic heterocycles. The summed E-state index contributed by atoms with van der Waals surface area (Å²) in [6, 6.07) is 5.78. The Kier molecular flexibility index (Phi) is 18.8. The van der Waals surface area contributed by atoms with Crippen molar-refractivity contribution in [2.45, 2.75) is 14.4 Å². The van der Waals surface area contributed by atoms with Crippen LogP contribution in [0, 0.1) is 17.1 Å². The minimum Gasteiger partial charge on any atom is -0.487 e. The molecule has 1 aromatic rings. The standard InChI is InChI=1S/C13H12FNO.C5H8O.C2H4.CH4/c1-3-10(4-2)9-16-13-7-12(14)6-5-11(13)8-15;1-3-5(2)4-6;1-2;/h3-7H,1,9H2,2H3;3,6H,1-2,4H2;1-2H2;1H4/b10-4+;;;. The molecule has 0 unspecified atom stereocenters. The SMILES string of the molecule is C.C=C.C=C/C(=C\C)COc1cc(F)ccc1C#N.C=CC(=C)CO. The minimum atomic E-state index is -0.422. The van der Waals surface area contributed by atoms with Crippen LogP contribution < -0.4 is 4.74 Å². The van der Waals surface area contributed by atoms with E-state index in [-0.39, 0.29) is 26.4 Å². The third-order valence-electron chi connectivity index (χ3n) is 2.58. The molecule has 1 rings (SSSR count). The number of nitriles is 1. The Morgan fingerprint density at radius 1 is 1.32 bits per heavy atom. The van der Waals surface area contributed by atoms with Crippen LogP contribution in [0.1, 0.15) is 19.9 Å². The van der Waals surface area contributed by atoms with Crippen molar-refractivity contribution in [2.24, 2.45) is 0 Å². The predicted octanol–water partition coefficient (Wildman–Crippen LogP) is 5.37. The van der Waals surface area contributed by atoms with E-state index >= 15 is 0 Å². The summed E-state index contributed by atoms with van der Waals surface area (Å²) in [4.78, 5) is 0. The number of aliphatic hydroxyl groups is 1. The number of allylic oxidation sites excluding steroid dienone is 1. The molecule has 0 aromatic heterocycles. The number of benzene rings is 1. The monoisotopic (exact) mass is 345 g/mol. The van der Waals surface area contributed by atoms with Gasteiger partial charge in [0, 0.05) is 6.07 Å². The molecule has 0 atom stereocenters. The second-order valence-electron chi connectivity index (χ2n) is 4.13. The van der Waals surface area contributed by atoms with E-state index < -0.39 is 5.82 Å². The van der Waals surface area contributed by atoms with Gasteiger partial charge in [0.25, 0.3) is 0 Å². The average Bonchev–Trinajstić information content (AvgIpc) is 2.64. The largest absolute Gasteiger partial charge is 0.487 e. The molecule has 0 bridgehead atoms. The van der Waals surface area contributed by atoms with Gasteiger partial charge in [-0.15, -0.1) is 13.2 Å². The van der Waals surface area contributed by atoms with Gasteiger partial charge in [0.05, 0.1) is 12.2 Å². The van der Waals surface area contributed by atoms with Gasteiger partial charge in [0.15, 0.2) is 0 Å². The van der Waals surface area contributed by atoms with E-state index in [1.165, 1.54) is 24.3 Å². The van der Waals surface area contributed by atoms with Gasteiger partial charge in [0.2, 0.25) is 0 Å². The molecule has 136 valence electrons. The summed E-state index contributed by atoms with van der Waals surface area (Å²) < 4.78 is 18.3. The third-order valence-corrected chi connectivity index (χ3v) is 2.58. The Morgan fingerprint density at radius 3 is 2.28 bits per heavy atom. The first-order chi connectivity index (χ1) is 11.5. The maximum absolute atomic E-state index is 12.9. The summed E-state index contributed by atoms with van der Waals surface area (Å²) in [5, 5.41) is 17.0.